The average Bonchev–Trinajstić information content (AvgIpc) is 2.38. The lowest BCUT2D eigenvalue weighted by molar-refractivity contribution is 0.000196. The largest absolute Gasteiger partial charge is 0.491 e. The van der Waals surface area contributed by atoms with Crippen molar-refractivity contribution >= 4 is 11.6 Å². The van der Waals surface area contributed by atoms with Crippen molar-refractivity contribution in [3.63, 3.8) is 0 Å². The van der Waals surface area contributed by atoms with Gasteiger partial charge >= 0.3 is 0 Å². The second-order valence-corrected chi connectivity index (χ2v) is 4.17. The van der Waals surface area contributed by atoms with Crippen LogP contribution in [0, 0.1) is 11.3 Å². The summed E-state index contributed by atoms with van der Waals surface area (Å²) in [6, 6.07) is 7.04. The molecular formula is C12H13ClN2O2. The number of rotatable bonds is 3. The van der Waals surface area contributed by atoms with Crippen LogP contribution in [0.3, 0.4) is 0 Å². The zero-order valence-electron chi connectivity index (χ0n) is 9.28. The maximum atomic E-state index is 8.74. The number of halogens is 1. The van der Waals surface area contributed by atoms with Gasteiger partial charge in [0.2, 0.25) is 0 Å². The van der Waals surface area contributed by atoms with E-state index >= 15 is 0 Å². The molecule has 90 valence electrons. The minimum atomic E-state index is 0.0677. The second-order valence-electron chi connectivity index (χ2n) is 3.76. The summed E-state index contributed by atoms with van der Waals surface area (Å²) in [6.45, 7) is 2.88. The van der Waals surface area contributed by atoms with Crippen molar-refractivity contribution < 1.29 is 9.47 Å². The predicted molar refractivity (Wildman–Crippen MR) is 64.3 cm³/mol. The third-order valence-electron chi connectivity index (χ3n) is 2.50. The van der Waals surface area contributed by atoms with E-state index in [0.717, 1.165) is 13.1 Å². The van der Waals surface area contributed by atoms with E-state index in [2.05, 4.69) is 5.32 Å². The highest BCUT2D eigenvalue weighted by Crippen LogP contribution is 2.22. The lowest BCUT2D eigenvalue weighted by Gasteiger charge is -2.23. The fourth-order valence-electron chi connectivity index (χ4n) is 1.59. The van der Waals surface area contributed by atoms with Gasteiger partial charge in [0.25, 0.3) is 0 Å². The summed E-state index contributed by atoms with van der Waals surface area (Å²) < 4.78 is 11.1. The molecule has 5 heteroatoms. The third kappa shape index (κ3) is 3.34. The highest BCUT2D eigenvalue weighted by atomic mass is 35.5. The SMILES string of the molecule is N#Cc1ccc(OCC2CNCCO2)cc1Cl. The van der Waals surface area contributed by atoms with Crippen LogP contribution in [0.2, 0.25) is 5.02 Å². The standard InChI is InChI=1S/C12H13ClN2O2/c13-12-5-10(2-1-9(12)6-14)17-8-11-7-15-3-4-16-11/h1-2,5,11,15H,3-4,7-8H2. The van der Waals surface area contributed by atoms with E-state index in [9.17, 15) is 0 Å². The van der Waals surface area contributed by atoms with Gasteiger partial charge in [-0.25, -0.2) is 0 Å². The van der Waals surface area contributed by atoms with E-state index in [1.807, 2.05) is 6.07 Å². The molecule has 4 nitrogen and oxygen atoms in total. The van der Waals surface area contributed by atoms with Crippen molar-refractivity contribution in [3.8, 4) is 11.8 Å². The van der Waals surface area contributed by atoms with Gasteiger partial charge < -0.3 is 14.8 Å². The zero-order chi connectivity index (χ0) is 12.1. The van der Waals surface area contributed by atoms with E-state index in [1.165, 1.54) is 0 Å². The van der Waals surface area contributed by atoms with Crippen molar-refractivity contribution in [2.45, 2.75) is 6.10 Å². The molecule has 0 spiro atoms. The Kier molecular flexibility index (Phi) is 4.21. The smallest absolute Gasteiger partial charge is 0.121 e. The summed E-state index contributed by atoms with van der Waals surface area (Å²) in [5.41, 5.74) is 0.453. The normalized spacial score (nSPS) is 19.6. The van der Waals surface area contributed by atoms with Crippen LogP contribution in [0.15, 0.2) is 18.2 Å². The molecule has 1 aromatic rings. The molecule has 1 atom stereocenters. The summed E-state index contributed by atoms with van der Waals surface area (Å²) >= 11 is 5.90. The molecule has 2 rings (SSSR count). The highest BCUT2D eigenvalue weighted by Gasteiger charge is 2.14. The van der Waals surface area contributed by atoms with Gasteiger partial charge in [0, 0.05) is 19.2 Å². The number of nitrogens with zero attached hydrogens (tertiary/aromatic N) is 1. The van der Waals surface area contributed by atoms with Crippen LogP contribution in [-0.4, -0.2) is 32.4 Å². The quantitative estimate of drug-likeness (QED) is 0.888. The maximum Gasteiger partial charge on any atom is 0.121 e. The summed E-state index contributed by atoms with van der Waals surface area (Å²) in [5.74, 6) is 0.656. The maximum absolute atomic E-state index is 8.74. The van der Waals surface area contributed by atoms with Crippen LogP contribution in [0.25, 0.3) is 0 Å². The Bertz CT molecular complexity index is 425. The van der Waals surface area contributed by atoms with Crippen LogP contribution in [0.1, 0.15) is 5.56 Å². The number of hydrogen-bond donors (Lipinski definition) is 1. The van der Waals surface area contributed by atoms with Crippen molar-refractivity contribution in [1.82, 2.24) is 5.32 Å². The molecule has 0 radical (unpaired) electrons. The van der Waals surface area contributed by atoms with Gasteiger partial charge in [-0.05, 0) is 12.1 Å². The fourth-order valence-corrected chi connectivity index (χ4v) is 1.81. The van der Waals surface area contributed by atoms with E-state index in [-0.39, 0.29) is 6.10 Å². The first kappa shape index (κ1) is 12.2. The van der Waals surface area contributed by atoms with Gasteiger partial charge in [0.05, 0.1) is 17.2 Å². The molecule has 1 aliphatic heterocycles. The average molecular weight is 253 g/mol. The summed E-state index contributed by atoms with van der Waals surface area (Å²) in [6.07, 6.45) is 0.0677. The minimum absolute atomic E-state index is 0.0677. The van der Waals surface area contributed by atoms with Gasteiger partial charge in [0.15, 0.2) is 0 Å². The Balaban J connectivity index is 1.90. The molecule has 0 aromatic heterocycles. The molecule has 1 fully saturated rings. The van der Waals surface area contributed by atoms with Crippen molar-refractivity contribution in [3.05, 3.63) is 28.8 Å². The van der Waals surface area contributed by atoms with Crippen LogP contribution in [0.4, 0.5) is 0 Å². The number of morpholine rings is 1. The topological polar surface area (TPSA) is 54.3 Å². The molecule has 1 aromatic carbocycles. The summed E-state index contributed by atoms with van der Waals surface area (Å²) in [4.78, 5) is 0. The fraction of sp³-hybridized carbons (Fsp3) is 0.417. The van der Waals surface area contributed by atoms with Crippen molar-refractivity contribution in [1.29, 1.82) is 5.26 Å². The van der Waals surface area contributed by atoms with Gasteiger partial charge in [-0.2, -0.15) is 5.26 Å². The van der Waals surface area contributed by atoms with Crippen LogP contribution < -0.4 is 10.1 Å². The first-order chi connectivity index (χ1) is 8.29. The monoisotopic (exact) mass is 252 g/mol. The molecular weight excluding hydrogens is 240 g/mol. The van der Waals surface area contributed by atoms with E-state index in [1.54, 1.807) is 18.2 Å². The molecule has 1 N–H and O–H groups in total. The number of nitrogens with one attached hydrogen (secondary N) is 1. The molecule has 0 saturated carbocycles. The number of benzene rings is 1. The van der Waals surface area contributed by atoms with Gasteiger partial charge in [-0.1, -0.05) is 11.6 Å². The number of nitriles is 1. The van der Waals surface area contributed by atoms with Crippen molar-refractivity contribution in [2.75, 3.05) is 26.3 Å². The third-order valence-corrected chi connectivity index (χ3v) is 2.81. The molecule has 0 aliphatic carbocycles. The Labute approximate surface area is 105 Å². The van der Waals surface area contributed by atoms with Gasteiger partial charge in [-0.15, -0.1) is 0 Å². The molecule has 0 bridgehead atoms. The first-order valence-corrected chi connectivity index (χ1v) is 5.82. The molecule has 1 heterocycles. The first-order valence-electron chi connectivity index (χ1n) is 5.44. The Morgan fingerprint density at radius 2 is 2.47 bits per heavy atom. The van der Waals surface area contributed by atoms with Crippen LogP contribution in [-0.2, 0) is 4.74 Å². The van der Waals surface area contributed by atoms with Crippen molar-refractivity contribution in [2.24, 2.45) is 0 Å². The zero-order valence-corrected chi connectivity index (χ0v) is 10.0. The lowest BCUT2D eigenvalue weighted by atomic mass is 10.2. The van der Waals surface area contributed by atoms with Crippen LogP contribution >= 0.6 is 11.6 Å². The van der Waals surface area contributed by atoms with E-state index in [0.29, 0.717) is 29.5 Å². The molecule has 1 saturated heterocycles. The lowest BCUT2D eigenvalue weighted by Crippen LogP contribution is -2.41. The summed E-state index contributed by atoms with van der Waals surface area (Å²) in [7, 11) is 0. The number of hydrogen-bond acceptors (Lipinski definition) is 4. The molecule has 17 heavy (non-hydrogen) atoms. The van der Waals surface area contributed by atoms with Crippen LogP contribution in [0.5, 0.6) is 5.75 Å². The Morgan fingerprint density at radius 3 is 3.12 bits per heavy atom. The minimum Gasteiger partial charge on any atom is -0.491 e. The predicted octanol–water partition coefficient (Wildman–Crippen LogP) is 1.58. The summed E-state index contributed by atoms with van der Waals surface area (Å²) in [5, 5.41) is 12.4. The molecule has 0 amide bonds. The number of ether oxygens (including phenoxy) is 2. The second kappa shape index (κ2) is 5.87. The highest BCUT2D eigenvalue weighted by molar-refractivity contribution is 6.31. The Morgan fingerprint density at radius 1 is 1.59 bits per heavy atom. The Hall–Kier alpha value is -1.28. The van der Waals surface area contributed by atoms with Gasteiger partial charge in [-0.3, -0.25) is 0 Å². The molecule has 1 aliphatic rings. The van der Waals surface area contributed by atoms with E-state index in [4.69, 9.17) is 26.3 Å². The van der Waals surface area contributed by atoms with Gasteiger partial charge in [0.1, 0.15) is 24.5 Å². The van der Waals surface area contributed by atoms with E-state index < -0.39 is 0 Å². The molecule has 1 unspecified atom stereocenters.